The quantitative estimate of drug-likeness (QED) is 0.561. The lowest BCUT2D eigenvalue weighted by Gasteiger charge is -2.23. The molecule has 1 fully saturated rings. The third kappa shape index (κ3) is 3.77. The lowest BCUT2D eigenvalue weighted by Crippen LogP contribution is -2.32. The maximum atomic E-state index is 13.0. The fraction of sp³-hybridized carbons (Fsp3) is 0.316. The van der Waals surface area contributed by atoms with Gasteiger partial charge in [0.1, 0.15) is 5.75 Å². The number of nitrogens with zero attached hydrogens (tertiary/aromatic N) is 2. The fourth-order valence-corrected chi connectivity index (χ4v) is 2.81. The van der Waals surface area contributed by atoms with Crippen molar-refractivity contribution in [3.8, 4) is 11.5 Å². The van der Waals surface area contributed by atoms with E-state index in [0.717, 1.165) is 24.2 Å². The van der Waals surface area contributed by atoms with Gasteiger partial charge in [-0.1, -0.05) is 12.1 Å². The van der Waals surface area contributed by atoms with E-state index in [1.807, 2.05) is 24.3 Å². The number of carbonyl (C=O) groups excluding carboxylic acids is 1. The Hall–Kier alpha value is -3.09. The van der Waals surface area contributed by atoms with Crippen LogP contribution in [0.25, 0.3) is 0 Å². The summed E-state index contributed by atoms with van der Waals surface area (Å²) in [6, 6.07) is 12.0. The number of methoxy groups -OCH3 is 2. The van der Waals surface area contributed by atoms with Crippen molar-refractivity contribution < 1.29 is 19.2 Å². The highest BCUT2D eigenvalue weighted by molar-refractivity contribution is 5.95. The molecule has 0 aromatic heterocycles. The number of hydrogen-bond donors (Lipinski definition) is 0. The largest absolute Gasteiger partial charge is 0.497 e. The van der Waals surface area contributed by atoms with E-state index in [1.165, 1.54) is 19.2 Å². The van der Waals surface area contributed by atoms with E-state index in [4.69, 9.17) is 9.47 Å². The van der Waals surface area contributed by atoms with Crippen LogP contribution < -0.4 is 9.47 Å². The molecule has 1 aliphatic rings. The molecule has 2 aromatic carbocycles. The zero-order chi connectivity index (χ0) is 18.7. The molecular weight excluding hydrogens is 336 g/mol. The molecule has 3 rings (SSSR count). The number of amides is 1. The highest BCUT2D eigenvalue weighted by atomic mass is 16.6. The van der Waals surface area contributed by atoms with E-state index in [1.54, 1.807) is 18.1 Å². The number of benzene rings is 2. The van der Waals surface area contributed by atoms with E-state index in [-0.39, 0.29) is 28.9 Å². The van der Waals surface area contributed by atoms with Gasteiger partial charge in [0, 0.05) is 24.2 Å². The number of nitro benzene ring substituents is 1. The summed E-state index contributed by atoms with van der Waals surface area (Å²) in [5.41, 5.74) is 1.06. The molecule has 0 N–H and O–H groups in total. The zero-order valence-corrected chi connectivity index (χ0v) is 14.7. The summed E-state index contributed by atoms with van der Waals surface area (Å²) in [6.45, 7) is 0.452. The number of carbonyl (C=O) groups is 1. The highest BCUT2D eigenvalue weighted by Crippen LogP contribution is 2.32. The Bertz CT molecular complexity index is 815. The van der Waals surface area contributed by atoms with Crippen LogP contribution in [0.15, 0.2) is 42.5 Å². The molecule has 1 amide bonds. The minimum Gasteiger partial charge on any atom is -0.497 e. The van der Waals surface area contributed by atoms with Crippen molar-refractivity contribution in [2.45, 2.75) is 25.4 Å². The molecular formula is C19H20N2O5. The Morgan fingerprint density at radius 1 is 1.15 bits per heavy atom. The lowest BCUT2D eigenvalue weighted by atomic mass is 10.1. The standard InChI is InChI=1S/C19H20N2O5/c1-25-16-8-3-13(4-9-16)12-20(15-6-7-15)19(22)14-5-10-18(26-2)17(11-14)21(23)24/h3-5,8-11,15H,6-7,12H2,1-2H3. The molecule has 0 heterocycles. The zero-order valence-electron chi connectivity index (χ0n) is 14.7. The molecule has 0 spiro atoms. The minimum absolute atomic E-state index is 0.139. The van der Waals surface area contributed by atoms with Gasteiger partial charge in [-0.25, -0.2) is 0 Å². The second kappa shape index (κ2) is 7.43. The van der Waals surface area contributed by atoms with Gasteiger partial charge in [-0.15, -0.1) is 0 Å². The van der Waals surface area contributed by atoms with Crippen LogP contribution in [0.3, 0.4) is 0 Å². The maximum Gasteiger partial charge on any atom is 0.311 e. The average molecular weight is 356 g/mol. The molecule has 7 nitrogen and oxygen atoms in total. The van der Waals surface area contributed by atoms with E-state index in [9.17, 15) is 14.9 Å². The van der Waals surface area contributed by atoms with Crippen LogP contribution in [0.1, 0.15) is 28.8 Å². The summed E-state index contributed by atoms with van der Waals surface area (Å²) in [6.07, 6.45) is 1.89. The Labute approximate surface area is 151 Å². The minimum atomic E-state index is -0.541. The summed E-state index contributed by atoms with van der Waals surface area (Å²) in [4.78, 5) is 25.4. The average Bonchev–Trinajstić information content (AvgIpc) is 3.50. The molecule has 1 saturated carbocycles. The summed E-state index contributed by atoms with van der Waals surface area (Å²) < 4.78 is 10.2. The third-order valence-electron chi connectivity index (χ3n) is 4.38. The summed E-state index contributed by atoms with van der Waals surface area (Å²) in [5.74, 6) is 0.678. The van der Waals surface area contributed by atoms with E-state index in [0.29, 0.717) is 6.54 Å². The van der Waals surface area contributed by atoms with Crippen molar-refractivity contribution >= 4 is 11.6 Å². The molecule has 0 bridgehead atoms. The maximum absolute atomic E-state index is 13.0. The van der Waals surface area contributed by atoms with Crippen LogP contribution in [-0.4, -0.2) is 36.0 Å². The first-order valence-corrected chi connectivity index (χ1v) is 8.30. The lowest BCUT2D eigenvalue weighted by molar-refractivity contribution is -0.385. The van der Waals surface area contributed by atoms with Crippen LogP contribution in [-0.2, 0) is 6.54 Å². The van der Waals surface area contributed by atoms with Gasteiger partial charge in [0.25, 0.3) is 5.91 Å². The summed E-state index contributed by atoms with van der Waals surface area (Å²) in [5, 5.41) is 11.2. The number of nitro groups is 1. The highest BCUT2D eigenvalue weighted by Gasteiger charge is 2.33. The van der Waals surface area contributed by atoms with E-state index >= 15 is 0 Å². The topological polar surface area (TPSA) is 81.9 Å². The molecule has 0 saturated heterocycles. The third-order valence-corrected chi connectivity index (χ3v) is 4.38. The predicted molar refractivity (Wildman–Crippen MR) is 95.5 cm³/mol. The van der Waals surface area contributed by atoms with Gasteiger partial charge in [-0.2, -0.15) is 0 Å². The number of rotatable bonds is 7. The van der Waals surface area contributed by atoms with Crippen molar-refractivity contribution in [3.05, 3.63) is 63.7 Å². The SMILES string of the molecule is COc1ccc(CN(C(=O)c2ccc(OC)c([N+](=O)[O-])c2)C2CC2)cc1. The Balaban J connectivity index is 1.85. The summed E-state index contributed by atoms with van der Waals surface area (Å²) >= 11 is 0. The molecule has 0 atom stereocenters. The van der Waals surface area contributed by atoms with Crippen molar-refractivity contribution in [2.75, 3.05) is 14.2 Å². The van der Waals surface area contributed by atoms with Crippen molar-refractivity contribution in [1.82, 2.24) is 4.90 Å². The monoisotopic (exact) mass is 356 g/mol. The van der Waals surface area contributed by atoms with Crippen molar-refractivity contribution in [1.29, 1.82) is 0 Å². The first kappa shape index (κ1) is 17.7. The Morgan fingerprint density at radius 3 is 2.38 bits per heavy atom. The van der Waals surface area contributed by atoms with Gasteiger partial charge in [0.15, 0.2) is 5.75 Å². The fourth-order valence-electron chi connectivity index (χ4n) is 2.81. The Kier molecular flexibility index (Phi) is 5.06. The van der Waals surface area contributed by atoms with Gasteiger partial charge in [-0.3, -0.25) is 14.9 Å². The predicted octanol–water partition coefficient (Wildman–Crippen LogP) is 3.42. The second-order valence-corrected chi connectivity index (χ2v) is 6.16. The first-order chi connectivity index (χ1) is 12.5. The van der Waals surface area contributed by atoms with Crippen LogP contribution in [0.4, 0.5) is 5.69 Å². The van der Waals surface area contributed by atoms with E-state index in [2.05, 4.69) is 0 Å². The number of hydrogen-bond acceptors (Lipinski definition) is 5. The van der Waals surface area contributed by atoms with Crippen LogP contribution >= 0.6 is 0 Å². The molecule has 26 heavy (non-hydrogen) atoms. The molecule has 1 aliphatic carbocycles. The first-order valence-electron chi connectivity index (χ1n) is 8.30. The van der Waals surface area contributed by atoms with Crippen LogP contribution in [0.2, 0.25) is 0 Å². The second-order valence-electron chi connectivity index (χ2n) is 6.16. The van der Waals surface area contributed by atoms with Crippen LogP contribution in [0.5, 0.6) is 11.5 Å². The summed E-state index contributed by atoms with van der Waals surface area (Å²) in [7, 11) is 2.97. The van der Waals surface area contributed by atoms with Crippen molar-refractivity contribution in [2.24, 2.45) is 0 Å². The van der Waals surface area contributed by atoms with Crippen LogP contribution in [0, 0.1) is 10.1 Å². The molecule has 0 unspecified atom stereocenters. The van der Waals surface area contributed by atoms with Gasteiger partial charge >= 0.3 is 5.69 Å². The molecule has 2 aromatic rings. The van der Waals surface area contributed by atoms with E-state index < -0.39 is 4.92 Å². The normalized spacial score (nSPS) is 13.2. The smallest absolute Gasteiger partial charge is 0.311 e. The molecule has 7 heteroatoms. The van der Waals surface area contributed by atoms with Gasteiger partial charge < -0.3 is 14.4 Å². The van der Waals surface area contributed by atoms with Crippen molar-refractivity contribution in [3.63, 3.8) is 0 Å². The molecule has 0 aliphatic heterocycles. The number of ether oxygens (including phenoxy) is 2. The van der Waals surface area contributed by atoms with Gasteiger partial charge in [-0.05, 0) is 42.7 Å². The molecule has 136 valence electrons. The molecule has 0 radical (unpaired) electrons. The van der Waals surface area contributed by atoms with Gasteiger partial charge in [0.05, 0.1) is 19.1 Å². The Morgan fingerprint density at radius 2 is 1.85 bits per heavy atom. The van der Waals surface area contributed by atoms with Gasteiger partial charge in [0.2, 0.25) is 0 Å².